The van der Waals surface area contributed by atoms with Crippen LogP contribution in [0.2, 0.25) is 5.02 Å². The van der Waals surface area contributed by atoms with Crippen molar-refractivity contribution in [3.05, 3.63) is 59.4 Å². The maximum Gasteiger partial charge on any atom is 0.225 e. The molecular weight excluding hydrogens is 350 g/mol. The lowest BCUT2D eigenvalue weighted by atomic mass is 9.89. The summed E-state index contributed by atoms with van der Waals surface area (Å²) < 4.78 is 0. The van der Waals surface area contributed by atoms with Crippen molar-refractivity contribution in [2.24, 2.45) is 5.92 Å². The SMILES string of the molecule is O=C(CCN1CCC([C@@H](O)c2ccccn2)CC1)Nc1cccc(Cl)c1. The summed E-state index contributed by atoms with van der Waals surface area (Å²) in [5.74, 6) is 0.212. The van der Waals surface area contributed by atoms with Crippen molar-refractivity contribution in [3.8, 4) is 0 Å². The lowest BCUT2D eigenvalue weighted by Gasteiger charge is -2.33. The second-order valence-electron chi connectivity index (χ2n) is 6.69. The van der Waals surface area contributed by atoms with Crippen molar-refractivity contribution < 1.29 is 9.90 Å². The van der Waals surface area contributed by atoms with Gasteiger partial charge in [-0.2, -0.15) is 0 Å². The molecule has 3 rings (SSSR count). The third kappa shape index (κ3) is 5.27. The number of amides is 1. The first-order valence-electron chi connectivity index (χ1n) is 8.98. The van der Waals surface area contributed by atoms with E-state index in [1.165, 1.54) is 0 Å². The molecule has 6 heteroatoms. The van der Waals surface area contributed by atoms with Crippen LogP contribution in [0.25, 0.3) is 0 Å². The topological polar surface area (TPSA) is 65.5 Å². The summed E-state index contributed by atoms with van der Waals surface area (Å²) >= 11 is 5.93. The summed E-state index contributed by atoms with van der Waals surface area (Å²) in [6.45, 7) is 2.50. The summed E-state index contributed by atoms with van der Waals surface area (Å²) in [7, 11) is 0. The highest BCUT2D eigenvalue weighted by atomic mass is 35.5. The highest BCUT2D eigenvalue weighted by molar-refractivity contribution is 6.30. The molecule has 0 unspecified atom stereocenters. The highest BCUT2D eigenvalue weighted by Crippen LogP contribution is 2.29. The highest BCUT2D eigenvalue weighted by Gasteiger charge is 2.26. The Morgan fingerprint density at radius 1 is 1.27 bits per heavy atom. The summed E-state index contributed by atoms with van der Waals surface area (Å²) in [5.41, 5.74) is 1.46. The van der Waals surface area contributed by atoms with E-state index in [0.717, 1.165) is 43.9 Å². The first-order chi connectivity index (χ1) is 12.6. The molecule has 26 heavy (non-hydrogen) atoms. The van der Waals surface area contributed by atoms with E-state index in [4.69, 9.17) is 11.6 Å². The van der Waals surface area contributed by atoms with Crippen molar-refractivity contribution in [3.63, 3.8) is 0 Å². The van der Waals surface area contributed by atoms with Gasteiger partial charge in [-0.05, 0) is 62.2 Å². The number of halogens is 1. The van der Waals surface area contributed by atoms with Gasteiger partial charge in [0.15, 0.2) is 0 Å². The molecule has 2 N–H and O–H groups in total. The molecule has 0 radical (unpaired) electrons. The van der Waals surface area contributed by atoms with E-state index in [-0.39, 0.29) is 11.8 Å². The Hall–Kier alpha value is -1.95. The average Bonchev–Trinajstić information content (AvgIpc) is 2.67. The van der Waals surface area contributed by atoms with Gasteiger partial charge in [0.2, 0.25) is 5.91 Å². The van der Waals surface area contributed by atoms with E-state index in [9.17, 15) is 9.90 Å². The van der Waals surface area contributed by atoms with Gasteiger partial charge in [-0.25, -0.2) is 0 Å². The second-order valence-corrected chi connectivity index (χ2v) is 7.12. The maximum atomic E-state index is 12.1. The molecule has 2 aromatic rings. The number of benzene rings is 1. The first kappa shape index (κ1) is 18.8. The fraction of sp³-hybridized carbons (Fsp3) is 0.400. The Kier molecular flexibility index (Phi) is 6.61. The second kappa shape index (κ2) is 9.12. The summed E-state index contributed by atoms with van der Waals surface area (Å²) in [6, 6.07) is 12.8. The van der Waals surface area contributed by atoms with Gasteiger partial charge < -0.3 is 15.3 Å². The van der Waals surface area contributed by atoms with E-state index < -0.39 is 6.10 Å². The van der Waals surface area contributed by atoms with E-state index in [1.54, 1.807) is 18.3 Å². The molecule has 0 bridgehead atoms. The number of hydrogen-bond acceptors (Lipinski definition) is 4. The van der Waals surface area contributed by atoms with Crippen LogP contribution in [0.4, 0.5) is 5.69 Å². The quantitative estimate of drug-likeness (QED) is 0.813. The van der Waals surface area contributed by atoms with Crippen LogP contribution >= 0.6 is 11.6 Å². The van der Waals surface area contributed by atoms with Gasteiger partial charge in [-0.3, -0.25) is 9.78 Å². The number of carbonyl (C=O) groups excluding carboxylic acids is 1. The minimum atomic E-state index is -0.510. The molecule has 1 amide bonds. The van der Waals surface area contributed by atoms with Gasteiger partial charge in [-0.1, -0.05) is 23.7 Å². The number of aliphatic hydroxyl groups excluding tert-OH is 1. The lowest BCUT2D eigenvalue weighted by molar-refractivity contribution is -0.116. The molecule has 1 fully saturated rings. The zero-order valence-electron chi connectivity index (χ0n) is 14.6. The number of pyridine rings is 1. The number of piperidine rings is 1. The number of nitrogens with one attached hydrogen (secondary N) is 1. The van der Waals surface area contributed by atoms with Gasteiger partial charge in [0.05, 0.1) is 11.8 Å². The Morgan fingerprint density at radius 3 is 2.77 bits per heavy atom. The molecule has 0 aliphatic carbocycles. The third-order valence-electron chi connectivity index (χ3n) is 4.83. The van der Waals surface area contributed by atoms with Crippen molar-refractivity contribution in [1.29, 1.82) is 0 Å². The molecule has 5 nitrogen and oxygen atoms in total. The Balaban J connectivity index is 1.40. The van der Waals surface area contributed by atoms with Crippen LogP contribution in [-0.4, -0.2) is 40.5 Å². The van der Waals surface area contributed by atoms with Crippen LogP contribution in [0.1, 0.15) is 31.1 Å². The fourth-order valence-electron chi connectivity index (χ4n) is 3.33. The van der Waals surface area contributed by atoms with E-state index in [2.05, 4.69) is 15.2 Å². The summed E-state index contributed by atoms with van der Waals surface area (Å²) in [5, 5.41) is 14.0. The summed E-state index contributed by atoms with van der Waals surface area (Å²) in [4.78, 5) is 18.6. The zero-order valence-corrected chi connectivity index (χ0v) is 15.4. The largest absolute Gasteiger partial charge is 0.387 e. The molecule has 0 spiro atoms. The zero-order chi connectivity index (χ0) is 18.4. The van der Waals surface area contributed by atoms with Crippen LogP contribution < -0.4 is 5.32 Å². The predicted molar refractivity (Wildman–Crippen MR) is 103 cm³/mol. The monoisotopic (exact) mass is 373 g/mol. The van der Waals surface area contributed by atoms with Crippen LogP contribution in [0.15, 0.2) is 48.7 Å². The number of aliphatic hydroxyl groups is 1. The number of hydrogen-bond donors (Lipinski definition) is 2. The minimum Gasteiger partial charge on any atom is -0.387 e. The Morgan fingerprint density at radius 2 is 2.08 bits per heavy atom. The van der Waals surface area contributed by atoms with Gasteiger partial charge in [0.1, 0.15) is 0 Å². The van der Waals surface area contributed by atoms with Crippen molar-refractivity contribution in [2.45, 2.75) is 25.4 Å². The van der Waals surface area contributed by atoms with Crippen LogP contribution in [-0.2, 0) is 4.79 Å². The van der Waals surface area contributed by atoms with Gasteiger partial charge in [0, 0.05) is 29.9 Å². The number of likely N-dealkylation sites (tertiary alicyclic amines) is 1. The number of aromatic nitrogens is 1. The lowest BCUT2D eigenvalue weighted by Crippen LogP contribution is -2.37. The van der Waals surface area contributed by atoms with Crippen LogP contribution in [0, 0.1) is 5.92 Å². The summed E-state index contributed by atoms with van der Waals surface area (Å²) in [6.07, 6.45) is 3.47. The number of nitrogens with zero attached hydrogens (tertiary/aromatic N) is 2. The minimum absolute atomic E-state index is 0.0112. The van der Waals surface area contributed by atoms with E-state index in [1.807, 2.05) is 30.3 Å². The standard InChI is InChI=1S/C20H24ClN3O2/c21-16-4-3-5-17(14-16)23-19(25)9-13-24-11-7-15(8-12-24)20(26)18-6-1-2-10-22-18/h1-6,10,14-15,20,26H,7-9,11-13H2,(H,23,25)/t20-/m1/s1. The number of rotatable bonds is 6. The van der Waals surface area contributed by atoms with Crippen LogP contribution in [0.5, 0.6) is 0 Å². The Bertz CT molecular complexity index is 718. The third-order valence-corrected chi connectivity index (χ3v) is 5.07. The number of carbonyl (C=O) groups is 1. The molecule has 1 aliphatic heterocycles. The molecule has 1 aliphatic rings. The van der Waals surface area contributed by atoms with Crippen molar-refractivity contribution >= 4 is 23.2 Å². The van der Waals surface area contributed by atoms with Crippen molar-refractivity contribution in [1.82, 2.24) is 9.88 Å². The molecule has 1 aromatic heterocycles. The first-order valence-corrected chi connectivity index (χ1v) is 9.36. The molecular formula is C20H24ClN3O2. The maximum absolute atomic E-state index is 12.1. The van der Waals surface area contributed by atoms with E-state index >= 15 is 0 Å². The average molecular weight is 374 g/mol. The van der Waals surface area contributed by atoms with Gasteiger partial charge in [-0.15, -0.1) is 0 Å². The Labute approximate surface area is 159 Å². The van der Waals surface area contributed by atoms with Crippen LogP contribution in [0.3, 0.4) is 0 Å². The predicted octanol–water partition coefficient (Wildman–Crippen LogP) is 3.51. The molecule has 1 atom stereocenters. The molecule has 1 saturated heterocycles. The normalized spacial score (nSPS) is 17.0. The van der Waals surface area contributed by atoms with E-state index in [0.29, 0.717) is 11.4 Å². The molecule has 0 saturated carbocycles. The van der Waals surface area contributed by atoms with Crippen molar-refractivity contribution in [2.75, 3.05) is 25.0 Å². The fourth-order valence-corrected chi connectivity index (χ4v) is 3.52. The number of anilines is 1. The van der Waals surface area contributed by atoms with Gasteiger partial charge in [0.25, 0.3) is 0 Å². The molecule has 138 valence electrons. The van der Waals surface area contributed by atoms with Gasteiger partial charge >= 0.3 is 0 Å². The molecule has 1 aromatic carbocycles. The smallest absolute Gasteiger partial charge is 0.225 e. The molecule has 2 heterocycles.